The zero-order valence-electron chi connectivity index (χ0n) is 13.5. The number of pyridine rings is 1. The van der Waals surface area contributed by atoms with E-state index in [1.54, 1.807) is 25.1 Å². The van der Waals surface area contributed by atoms with Crippen LogP contribution in [0.4, 0.5) is 0 Å². The summed E-state index contributed by atoms with van der Waals surface area (Å²) in [5, 5.41) is 0.637. The molecule has 2 aromatic rings. The minimum atomic E-state index is -0.418. The van der Waals surface area contributed by atoms with Crippen LogP contribution in [0.3, 0.4) is 0 Å². The smallest absolute Gasteiger partial charge is 0.356 e. The Morgan fingerprint density at radius 3 is 2.74 bits per heavy atom. The molecule has 1 aromatic carbocycles. The van der Waals surface area contributed by atoms with Gasteiger partial charge >= 0.3 is 5.97 Å². The molecule has 1 heterocycles. The summed E-state index contributed by atoms with van der Waals surface area (Å²) in [6.45, 7) is 6.03. The van der Waals surface area contributed by atoms with Gasteiger partial charge in [-0.1, -0.05) is 17.7 Å². The van der Waals surface area contributed by atoms with Gasteiger partial charge in [0.05, 0.1) is 12.7 Å². The molecule has 122 valence electrons. The number of hydrogen-bond acceptors (Lipinski definition) is 4. The Kier molecular flexibility index (Phi) is 5.99. The van der Waals surface area contributed by atoms with Crippen LogP contribution in [-0.2, 0) is 11.2 Å². The lowest BCUT2D eigenvalue weighted by atomic mass is 10.1. The molecular formula is C18H20ClNO3. The Hall–Kier alpha value is -2.07. The number of halogens is 1. The highest BCUT2D eigenvalue weighted by atomic mass is 35.5. The zero-order valence-corrected chi connectivity index (χ0v) is 14.3. The number of hydrogen-bond donors (Lipinski definition) is 0. The van der Waals surface area contributed by atoms with Gasteiger partial charge in [0.25, 0.3) is 0 Å². The molecule has 0 fully saturated rings. The molecule has 0 aliphatic carbocycles. The first-order valence-electron chi connectivity index (χ1n) is 7.57. The number of ether oxygens (including phenoxy) is 2. The first kappa shape index (κ1) is 17.3. The van der Waals surface area contributed by atoms with Crippen LogP contribution in [0.1, 0.15) is 42.5 Å². The molecule has 23 heavy (non-hydrogen) atoms. The van der Waals surface area contributed by atoms with Gasteiger partial charge in [-0.05, 0) is 51.1 Å². The fourth-order valence-electron chi connectivity index (χ4n) is 2.15. The number of benzene rings is 1. The zero-order chi connectivity index (χ0) is 16.8. The van der Waals surface area contributed by atoms with Crippen molar-refractivity contribution in [2.75, 3.05) is 6.61 Å². The van der Waals surface area contributed by atoms with E-state index in [-0.39, 0.29) is 6.10 Å². The Morgan fingerprint density at radius 2 is 2.04 bits per heavy atom. The van der Waals surface area contributed by atoms with Crippen molar-refractivity contribution in [3.05, 3.63) is 58.4 Å². The van der Waals surface area contributed by atoms with Gasteiger partial charge in [-0.25, -0.2) is 9.78 Å². The van der Waals surface area contributed by atoms with Crippen LogP contribution in [0, 0.1) is 0 Å². The average Bonchev–Trinajstić information content (AvgIpc) is 2.50. The summed E-state index contributed by atoms with van der Waals surface area (Å²) >= 11 is 6.09. The van der Waals surface area contributed by atoms with E-state index in [0.29, 0.717) is 23.7 Å². The second kappa shape index (κ2) is 7.97. The SMILES string of the molecule is CCOC(=O)c1cccc(Cc2cc(Cl)ccc2OC(C)C)n1. The van der Waals surface area contributed by atoms with E-state index in [9.17, 15) is 4.79 Å². The predicted molar refractivity (Wildman–Crippen MR) is 90.2 cm³/mol. The fourth-order valence-corrected chi connectivity index (χ4v) is 2.34. The Bertz CT molecular complexity index is 686. The highest BCUT2D eigenvalue weighted by Gasteiger charge is 2.12. The number of nitrogens with zero attached hydrogens (tertiary/aromatic N) is 1. The third-order valence-electron chi connectivity index (χ3n) is 3.05. The second-order valence-corrected chi connectivity index (χ2v) is 5.77. The largest absolute Gasteiger partial charge is 0.491 e. The normalized spacial score (nSPS) is 10.7. The maximum Gasteiger partial charge on any atom is 0.356 e. The van der Waals surface area contributed by atoms with Gasteiger partial charge in [0.15, 0.2) is 0 Å². The maximum absolute atomic E-state index is 11.8. The van der Waals surface area contributed by atoms with Crippen LogP contribution in [0.2, 0.25) is 5.02 Å². The van der Waals surface area contributed by atoms with Crippen molar-refractivity contribution >= 4 is 17.6 Å². The van der Waals surface area contributed by atoms with Crippen molar-refractivity contribution in [1.29, 1.82) is 0 Å². The average molecular weight is 334 g/mol. The lowest BCUT2D eigenvalue weighted by molar-refractivity contribution is 0.0519. The number of aromatic nitrogens is 1. The topological polar surface area (TPSA) is 48.4 Å². The minimum absolute atomic E-state index is 0.0637. The number of carbonyl (C=O) groups is 1. The molecule has 0 bridgehead atoms. The van der Waals surface area contributed by atoms with Gasteiger partial charge in [0.1, 0.15) is 11.4 Å². The molecule has 0 radical (unpaired) electrons. The highest BCUT2D eigenvalue weighted by molar-refractivity contribution is 6.30. The summed E-state index contributed by atoms with van der Waals surface area (Å²) in [6, 6.07) is 10.8. The summed E-state index contributed by atoms with van der Waals surface area (Å²) in [6.07, 6.45) is 0.587. The van der Waals surface area contributed by atoms with Gasteiger partial charge in [-0.2, -0.15) is 0 Å². The predicted octanol–water partition coefficient (Wildman–Crippen LogP) is 4.29. The van der Waals surface area contributed by atoms with Crippen LogP contribution in [0.5, 0.6) is 5.75 Å². The lowest BCUT2D eigenvalue weighted by Crippen LogP contribution is -2.10. The summed E-state index contributed by atoms with van der Waals surface area (Å²) in [5.41, 5.74) is 1.99. The standard InChI is InChI=1S/C18H20ClNO3/c1-4-22-18(21)16-7-5-6-15(20-16)11-13-10-14(19)8-9-17(13)23-12(2)3/h5-10,12H,4,11H2,1-3H3. The molecule has 2 rings (SSSR count). The molecule has 0 unspecified atom stereocenters. The minimum Gasteiger partial charge on any atom is -0.491 e. The van der Waals surface area contributed by atoms with Crippen LogP contribution in [0.25, 0.3) is 0 Å². The lowest BCUT2D eigenvalue weighted by Gasteiger charge is -2.14. The molecule has 5 heteroatoms. The van der Waals surface area contributed by atoms with Crippen LogP contribution in [0.15, 0.2) is 36.4 Å². The summed E-state index contributed by atoms with van der Waals surface area (Å²) in [5.74, 6) is 0.354. The van der Waals surface area contributed by atoms with Crippen molar-refractivity contribution in [3.63, 3.8) is 0 Å². The highest BCUT2D eigenvalue weighted by Crippen LogP contribution is 2.26. The quantitative estimate of drug-likeness (QED) is 0.740. The molecule has 0 N–H and O–H groups in total. The Labute approximate surface area is 141 Å². The molecule has 4 nitrogen and oxygen atoms in total. The fraction of sp³-hybridized carbons (Fsp3) is 0.333. The van der Waals surface area contributed by atoms with E-state index in [0.717, 1.165) is 17.0 Å². The van der Waals surface area contributed by atoms with Crippen molar-refractivity contribution in [3.8, 4) is 5.75 Å². The molecule has 0 atom stereocenters. The van der Waals surface area contributed by atoms with Crippen molar-refractivity contribution in [2.24, 2.45) is 0 Å². The van der Waals surface area contributed by atoms with E-state index < -0.39 is 5.97 Å². The van der Waals surface area contributed by atoms with Gasteiger partial charge in [-0.3, -0.25) is 0 Å². The van der Waals surface area contributed by atoms with Crippen molar-refractivity contribution in [1.82, 2.24) is 4.98 Å². The van der Waals surface area contributed by atoms with Crippen LogP contribution >= 0.6 is 11.6 Å². The summed E-state index contributed by atoms with van der Waals surface area (Å²) in [4.78, 5) is 16.1. The molecule has 0 aliphatic heterocycles. The van der Waals surface area contributed by atoms with E-state index in [1.807, 2.05) is 32.0 Å². The second-order valence-electron chi connectivity index (χ2n) is 5.33. The van der Waals surface area contributed by atoms with Crippen molar-refractivity contribution in [2.45, 2.75) is 33.3 Å². The monoisotopic (exact) mass is 333 g/mol. The number of rotatable bonds is 6. The first-order chi connectivity index (χ1) is 11.0. The van der Waals surface area contributed by atoms with Crippen LogP contribution < -0.4 is 4.74 Å². The van der Waals surface area contributed by atoms with Gasteiger partial charge in [0.2, 0.25) is 0 Å². The van der Waals surface area contributed by atoms with Gasteiger partial charge in [-0.15, -0.1) is 0 Å². The van der Waals surface area contributed by atoms with Crippen LogP contribution in [-0.4, -0.2) is 23.7 Å². The molecule has 0 amide bonds. The van der Waals surface area contributed by atoms with Gasteiger partial charge < -0.3 is 9.47 Å². The summed E-state index contributed by atoms with van der Waals surface area (Å²) in [7, 11) is 0. The van der Waals surface area contributed by atoms with E-state index in [4.69, 9.17) is 21.1 Å². The van der Waals surface area contributed by atoms with E-state index >= 15 is 0 Å². The Morgan fingerprint density at radius 1 is 1.26 bits per heavy atom. The van der Waals surface area contributed by atoms with E-state index in [1.165, 1.54) is 0 Å². The Balaban J connectivity index is 2.26. The third-order valence-corrected chi connectivity index (χ3v) is 3.28. The maximum atomic E-state index is 11.8. The van der Waals surface area contributed by atoms with Crippen molar-refractivity contribution < 1.29 is 14.3 Å². The molecule has 0 aliphatic rings. The molecule has 1 aromatic heterocycles. The number of carbonyl (C=O) groups excluding carboxylic acids is 1. The van der Waals surface area contributed by atoms with E-state index in [2.05, 4.69) is 4.98 Å². The number of esters is 1. The molecule has 0 saturated heterocycles. The molecule has 0 spiro atoms. The first-order valence-corrected chi connectivity index (χ1v) is 7.95. The van der Waals surface area contributed by atoms with Gasteiger partial charge in [0, 0.05) is 22.7 Å². The molecule has 0 saturated carbocycles. The molecular weight excluding hydrogens is 314 g/mol. The third kappa shape index (κ3) is 4.96. The summed E-state index contributed by atoms with van der Waals surface area (Å²) < 4.78 is 10.8.